The zero-order chi connectivity index (χ0) is 12.8. The van der Waals surface area contributed by atoms with Crippen LogP contribution in [0.3, 0.4) is 0 Å². The highest BCUT2D eigenvalue weighted by Gasteiger charge is 2.15. The van der Waals surface area contributed by atoms with Crippen LogP contribution < -0.4 is 5.73 Å². The van der Waals surface area contributed by atoms with Crippen molar-refractivity contribution < 1.29 is 9.18 Å². The smallest absolute Gasteiger partial charge is 0.224 e. The van der Waals surface area contributed by atoms with Gasteiger partial charge in [0.15, 0.2) is 0 Å². The Hall–Kier alpha value is -1.42. The number of carbonyl (C=O) groups excluding carboxylic acids is 1. The molecule has 0 aliphatic carbocycles. The quantitative estimate of drug-likeness (QED) is 0.853. The summed E-state index contributed by atoms with van der Waals surface area (Å²) in [6.07, 6.45) is 0.257. The van der Waals surface area contributed by atoms with Crippen LogP contribution in [0, 0.1) is 5.82 Å². The first-order chi connectivity index (χ1) is 8.08. The largest absolute Gasteiger partial charge is 0.343 e. The molecule has 0 saturated carbocycles. The third-order valence-electron chi connectivity index (χ3n) is 2.81. The molecule has 0 aliphatic heterocycles. The van der Waals surface area contributed by atoms with Crippen LogP contribution in [0.4, 0.5) is 4.39 Å². The van der Waals surface area contributed by atoms with E-state index in [0.717, 1.165) is 5.56 Å². The summed E-state index contributed by atoms with van der Waals surface area (Å²) in [5.74, 6) is -0.261. The van der Waals surface area contributed by atoms with Gasteiger partial charge in [0.25, 0.3) is 0 Å². The molecular weight excluding hydrogens is 219 g/mol. The van der Waals surface area contributed by atoms with Gasteiger partial charge in [-0.1, -0.05) is 12.1 Å². The van der Waals surface area contributed by atoms with Crippen LogP contribution in [0.5, 0.6) is 0 Å². The van der Waals surface area contributed by atoms with Crippen molar-refractivity contribution in [3.8, 4) is 0 Å². The number of rotatable bonds is 5. The molecule has 1 atom stereocenters. The Morgan fingerprint density at radius 2 is 1.82 bits per heavy atom. The average molecular weight is 238 g/mol. The fourth-order valence-electron chi connectivity index (χ4n) is 1.72. The third kappa shape index (κ3) is 3.82. The van der Waals surface area contributed by atoms with Gasteiger partial charge in [0.05, 0.1) is 0 Å². The first-order valence-corrected chi connectivity index (χ1v) is 5.87. The lowest BCUT2D eigenvalue weighted by atomic mass is 10.0. The highest BCUT2D eigenvalue weighted by atomic mass is 19.1. The molecule has 3 nitrogen and oxygen atoms in total. The van der Waals surface area contributed by atoms with Crippen molar-refractivity contribution >= 4 is 5.91 Å². The molecule has 0 aliphatic rings. The lowest BCUT2D eigenvalue weighted by molar-refractivity contribution is -0.131. The molecule has 1 unspecified atom stereocenters. The van der Waals surface area contributed by atoms with E-state index in [1.807, 2.05) is 13.8 Å². The van der Waals surface area contributed by atoms with Crippen molar-refractivity contribution in [3.05, 3.63) is 35.6 Å². The summed E-state index contributed by atoms with van der Waals surface area (Å²) in [6, 6.07) is 5.59. The highest BCUT2D eigenvalue weighted by Crippen LogP contribution is 2.15. The summed E-state index contributed by atoms with van der Waals surface area (Å²) >= 11 is 0. The second kappa shape index (κ2) is 6.35. The predicted molar refractivity (Wildman–Crippen MR) is 65.9 cm³/mol. The molecule has 0 aromatic heterocycles. The van der Waals surface area contributed by atoms with Crippen molar-refractivity contribution in [1.82, 2.24) is 4.90 Å². The van der Waals surface area contributed by atoms with Crippen LogP contribution in [-0.2, 0) is 4.79 Å². The van der Waals surface area contributed by atoms with Gasteiger partial charge >= 0.3 is 0 Å². The summed E-state index contributed by atoms with van der Waals surface area (Å²) in [5, 5.41) is 0. The Kier molecular flexibility index (Phi) is 5.10. The van der Waals surface area contributed by atoms with E-state index in [4.69, 9.17) is 5.73 Å². The summed E-state index contributed by atoms with van der Waals surface area (Å²) in [6.45, 7) is 5.24. The molecule has 1 amide bonds. The molecule has 4 heteroatoms. The number of amides is 1. The molecular formula is C13H19FN2O. The fourth-order valence-corrected chi connectivity index (χ4v) is 1.72. The SMILES string of the molecule is CCN(CC)C(=O)CC(N)c1ccc(F)cc1. The van der Waals surface area contributed by atoms with E-state index >= 15 is 0 Å². The van der Waals surface area contributed by atoms with E-state index in [0.29, 0.717) is 13.1 Å². The first-order valence-electron chi connectivity index (χ1n) is 5.87. The van der Waals surface area contributed by atoms with Gasteiger partial charge < -0.3 is 10.6 Å². The van der Waals surface area contributed by atoms with Gasteiger partial charge in [-0.3, -0.25) is 4.79 Å². The van der Waals surface area contributed by atoms with Crippen molar-refractivity contribution in [2.24, 2.45) is 5.73 Å². The standard InChI is InChI=1S/C13H19FN2O/c1-3-16(4-2)13(17)9-12(15)10-5-7-11(14)8-6-10/h5-8,12H,3-4,9,15H2,1-2H3. The molecule has 94 valence electrons. The molecule has 2 N–H and O–H groups in total. The molecule has 0 heterocycles. The van der Waals surface area contributed by atoms with Gasteiger partial charge in [-0.25, -0.2) is 4.39 Å². The zero-order valence-electron chi connectivity index (χ0n) is 10.3. The van der Waals surface area contributed by atoms with E-state index in [1.165, 1.54) is 12.1 Å². The average Bonchev–Trinajstić information content (AvgIpc) is 2.31. The minimum absolute atomic E-state index is 0.0341. The van der Waals surface area contributed by atoms with Crippen molar-refractivity contribution in [2.45, 2.75) is 26.3 Å². The Balaban J connectivity index is 2.62. The minimum atomic E-state index is -0.372. The number of carbonyl (C=O) groups is 1. The van der Waals surface area contributed by atoms with Gasteiger partial charge in [0, 0.05) is 25.6 Å². The van der Waals surface area contributed by atoms with Crippen LogP contribution in [-0.4, -0.2) is 23.9 Å². The Morgan fingerprint density at radius 3 is 2.29 bits per heavy atom. The number of benzene rings is 1. The molecule has 0 radical (unpaired) electrons. The van der Waals surface area contributed by atoms with E-state index in [9.17, 15) is 9.18 Å². The van der Waals surface area contributed by atoms with Gasteiger partial charge in [-0.05, 0) is 31.5 Å². The van der Waals surface area contributed by atoms with Crippen LogP contribution in [0.25, 0.3) is 0 Å². The number of hydrogen-bond acceptors (Lipinski definition) is 2. The Labute approximate surface area is 101 Å². The lowest BCUT2D eigenvalue weighted by Crippen LogP contribution is -2.32. The second-order valence-corrected chi connectivity index (χ2v) is 3.93. The normalized spacial score (nSPS) is 12.2. The molecule has 1 rings (SSSR count). The molecule has 0 fully saturated rings. The third-order valence-corrected chi connectivity index (χ3v) is 2.81. The van der Waals surface area contributed by atoms with E-state index < -0.39 is 0 Å². The summed E-state index contributed by atoms with van der Waals surface area (Å²) in [7, 11) is 0. The molecule has 1 aromatic rings. The fraction of sp³-hybridized carbons (Fsp3) is 0.462. The minimum Gasteiger partial charge on any atom is -0.343 e. The summed E-state index contributed by atoms with van der Waals surface area (Å²) < 4.78 is 12.7. The Bertz CT molecular complexity index is 360. The van der Waals surface area contributed by atoms with Gasteiger partial charge in [-0.15, -0.1) is 0 Å². The monoisotopic (exact) mass is 238 g/mol. The summed E-state index contributed by atoms with van der Waals surface area (Å²) in [5.41, 5.74) is 6.71. The van der Waals surface area contributed by atoms with E-state index in [2.05, 4.69) is 0 Å². The van der Waals surface area contributed by atoms with Crippen LogP contribution >= 0.6 is 0 Å². The van der Waals surface area contributed by atoms with Crippen molar-refractivity contribution in [2.75, 3.05) is 13.1 Å². The van der Waals surface area contributed by atoms with Gasteiger partial charge in [-0.2, -0.15) is 0 Å². The molecule has 1 aromatic carbocycles. The molecule has 0 spiro atoms. The van der Waals surface area contributed by atoms with Crippen molar-refractivity contribution in [3.63, 3.8) is 0 Å². The number of nitrogens with two attached hydrogens (primary N) is 1. The molecule has 0 saturated heterocycles. The maximum absolute atomic E-state index is 12.7. The van der Waals surface area contributed by atoms with Gasteiger partial charge in [0.1, 0.15) is 5.82 Å². The number of hydrogen-bond donors (Lipinski definition) is 1. The van der Waals surface area contributed by atoms with Crippen LogP contribution in [0.15, 0.2) is 24.3 Å². The van der Waals surface area contributed by atoms with Crippen LogP contribution in [0.2, 0.25) is 0 Å². The second-order valence-electron chi connectivity index (χ2n) is 3.93. The van der Waals surface area contributed by atoms with Crippen LogP contribution in [0.1, 0.15) is 31.9 Å². The first kappa shape index (κ1) is 13.6. The molecule has 17 heavy (non-hydrogen) atoms. The molecule has 0 bridgehead atoms. The summed E-state index contributed by atoms with van der Waals surface area (Å²) in [4.78, 5) is 13.6. The maximum Gasteiger partial charge on any atom is 0.224 e. The maximum atomic E-state index is 12.7. The number of halogens is 1. The number of nitrogens with zero attached hydrogens (tertiary/aromatic N) is 1. The zero-order valence-corrected chi connectivity index (χ0v) is 10.3. The van der Waals surface area contributed by atoms with Gasteiger partial charge in [0.2, 0.25) is 5.91 Å². The highest BCUT2D eigenvalue weighted by molar-refractivity contribution is 5.77. The Morgan fingerprint density at radius 1 is 1.29 bits per heavy atom. The van der Waals surface area contributed by atoms with Crippen molar-refractivity contribution in [1.29, 1.82) is 0 Å². The lowest BCUT2D eigenvalue weighted by Gasteiger charge is -2.21. The predicted octanol–water partition coefficient (Wildman–Crippen LogP) is 2.08. The topological polar surface area (TPSA) is 46.3 Å². The van der Waals surface area contributed by atoms with E-state index in [1.54, 1.807) is 17.0 Å². The van der Waals surface area contributed by atoms with E-state index in [-0.39, 0.29) is 24.2 Å².